The third kappa shape index (κ3) is 5.19. The average Bonchev–Trinajstić information content (AvgIpc) is 3.58. The summed E-state index contributed by atoms with van der Waals surface area (Å²) < 4.78 is 31.2. The molecule has 3 aromatic heterocycles. The zero-order valence-electron chi connectivity index (χ0n) is 23.6. The minimum Gasteiger partial charge on any atom is -0.463 e. The fraction of sp³-hybridized carbons (Fsp3) is 0.429. The first-order valence-corrected chi connectivity index (χ1v) is 13.4. The molecule has 0 bridgehead atoms. The summed E-state index contributed by atoms with van der Waals surface area (Å²) in [4.78, 5) is 51.2. The summed E-state index contributed by atoms with van der Waals surface area (Å²) in [5.74, 6) is -1.35. The second-order valence-corrected chi connectivity index (χ2v) is 11.5. The van der Waals surface area contributed by atoms with Crippen molar-refractivity contribution in [2.45, 2.75) is 70.5 Å². The van der Waals surface area contributed by atoms with E-state index in [0.717, 1.165) is 6.26 Å². The molecular weight excluding hydrogens is 548 g/mol. The van der Waals surface area contributed by atoms with Gasteiger partial charge in [-0.05, 0) is 46.8 Å². The van der Waals surface area contributed by atoms with Crippen LogP contribution in [0.4, 0.5) is 10.6 Å². The fourth-order valence-corrected chi connectivity index (χ4v) is 5.10. The molecule has 0 aliphatic carbocycles. The van der Waals surface area contributed by atoms with Crippen LogP contribution in [0.15, 0.2) is 52.4 Å². The quantitative estimate of drug-likeness (QED) is 0.357. The molecule has 14 nitrogen and oxygen atoms in total. The number of nitrogens with zero attached hydrogens (tertiary/aromatic N) is 4. The number of hydrogen-bond acceptors (Lipinski definition) is 11. The Labute approximate surface area is 239 Å². The molecule has 14 heteroatoms. The van der Waals surface area contributed by atoms with Crippen molar-refractivity contribution in [3.63, 3.8) is 0 Å². The van der Waals surface area contributed by atoms with Gasteiger partial charge in [0.2, 0.25) is 5.43 Å². The van der Waals surface area contributed by atoms with Crippen molar-refractivity contribution in [3.05, 3.63) is 59.0 Å². The second-order valence-electron chi connectivity index (χ2n) is 11.5. The van der Waals surface area contributed by atoms with Crippen LogP contribution in [0.25, 0.3) is 22.1 Å². The van der Waals surface area contributed by atoms with Gasteiger partial charge >= 0.3 is 6.09 Å². The molecule has 2 N–H and O–H groups in total. The molecular formula is C28H30N6O8. The van der Waals surface area contributed by atoms with E-state index in [9.17, 15) is 14.4 Å². The number of benzene rings is 1. The number of rotatable bonds is 5. The minimum absolute atomic E-state index is 0.0231. The maximum Gasteiger partial charge on any atom is 0.413 e. The van der Waals surface area contributed by atoms with E-state index in [1.807, 2.05) is 0 Å². The van der Waals surface area contributed by atoms with E-state index in [1.54, 1.807) is 63.5 Å². The molecule has 42 heavy (non-hydrogen) atoms. The number of anilines is 1. The van der Waals surface area contributed by atoms with Gasteiger partial charge in [0.05, 0.1) is 11.7 Å². The molecule has 4 aromatic rings. The highest BCUT2D eigenvalue weighted by Crippen LogP contribution is 2.43. The predicted octanol–water partition coefficient (Wildman–Crippen LogP) is 3.13. The van der Waals surface area contributed by atoms with Gasteiger partial charge in [0.15, 0.2) is 29.0 Å². The van der Waals surface area contributed by atoms with E-state index in [1.165, 1.54) is 12.7 Å². The van der Waals surface area contributed by atoms with Crippen LogP contribution >= 0.6 is 0 Å². The summed E-state index contributed by atoms with van der Waals surface area (Å²) >= 11 is 0. The van der Waals surface area contributed by atoms with Gasteiger partial charge in [-0.3, -0.25) is 19.5 Å². The Morgan fingerprint density at radius 2 is 1.86 bits per heavy atom. The lowest BCUT2D eigenvalue weighted by Gasteiger charge is -2.25. The van der Waals surface area contributed by atoms with Gasteiger partial charge in [0.1, 0.15) is 47.6 Å². The molecule has 0 unspecified atom stereocenters. The minimum atomic E-state index is -0.923. The van der Waals surface area contributed by atoms with E-state index in [-0.39, 0.29) is 17.9 Å². The van der Waals surface area contributed by atoms with Crippen molar-refractivity contribution in [2.75, 3.05) is 11.9 Å². The van der Waals surface area contributed by atoms with Crippen LogP contribution in [0.1, 0.15) is 51.2 Å². The summed E-state index contributed by atoms with van der Waals surface area (Å²) in [5.41, 5.74) is -0.153. The van der Waals surface area contributed by atoms with Gasteiger partial charge in [-0.15, -0.1) is 0 Å². The molecule has 2 fully saturated rings. The highest BCUT2D eigenvalue weighted by Gasteiger charge is 2.56. The van der Waals surface area contributed by atoms with E-state index >= 15 is 0 Å². The maximum atomic E-state index is 13.0. The lowest BCUT2D eigenvalue weighted by atomic mass is 10.1. The van der Waals surface area contributed by atoms with Crippen molar-refractivity contribution >= 4 is 40.0 Å². The number of hydrogen-bond donors (Lipinski definition) is 2. The molecule has 1 aromatic carbocycles. The Kier molecular flexibility index (Phi) is 6.71. The molecule has 4 atom stereocenters. The van der Waals surface area contributed by atoms with Gasteiger partial charge in [0, 0.05) is 6.54 Å². The number of para-hydroxylation sites is 1. The number of carbonyl (C=O) groups is 2. The van der Waals surface area contributed by atoms with Crippen molar-refractivity contribution in [1.82, 2.24) is 24.8 Å². The number of aromatic nitrogens is 4. The summed E-state index contributed by atoms with van der Waals surface area (Å²) in [5, 5.41) is 5.69. The summed E-state index contributed by atoms with van der Waals surface area (Å²) in [6.45, 7) is 8.86. The third-order valence-electron chi connectivity index (χ3n) is 6.77. The summed E-state index contributed by atoms with van der Waals surface area (Å²) in [6.07, 6.45) is 0.758. The SMILES string of the molecule is CC(C)(C)OC(=O)Nc1ncnc2c1ncn2[C@@H]1O[C@H](CNC(=O)c2coc3ccccc3c2=O)[C@H]2OC(C)(C)O[C@H]21. The molecule has 2 amide bonds. The lowest BCUT2D eigenvalue weighted by molar-refractivity contribution is -0.195. The fourth-order valence-electron chi connectivity index (χ4n) is 5.10. The van der Waals surface area contributed by atoms with Crippen LogP contribution in [0, 0.1) is 0 Å². The Bertz CT molecular complexity index is 1740. The van der Waals surface area contributed by atoms with Crippen LogP contribution in [-0.4, -0.2) is 67.8 Å². The Hall–Kier alpha value is -4.40. The van der Waals surface area contributed by atoms with Crippen LogP contribution in [-0.2, 0) is 18.9 Å². The third-order valence-corrected chi connectivity index (χ3v) is 6.77. The number of carbonyl (C=O) groups excluding carboxylic acids is 2. The number of fused-ring (bicyclic) bond motifs is 3. The second kappa shape index (κ2) is 10.2. The lowest BCUT2D eigenvalue weighted by Crippen LogP contribution is -2.40. The smallest absolute Gasteiger partial charge is 0.413 e. The van der Waals surface area contributed by atoms with Gasteiger partial charge < -0.3 is 28.7 Å². The Morgan fingerprint density at radius 1 is 1.10 bits per heavy atom. The van der Waals surface area contributed by atoms with Crippen LogP contribution < -0.4 is 16.1 Å². The number of ether oxygens (including phenoxy) is 4. The monoisotopic (exact) mass is 578 g/mol. The van der Waals surface area contributed by atoms with Gasteiger partial charge in [-0.1, -0.05) is 12.1 Å². The number of nitrogens with one attached hydrogen (secondary N) is 2. The highest BCUT2D eigenvalue weighted by molar-refractivity contribution is 5.96. The molecule has 5 heterocycles. The molecule has 0 spiro atoms. The molecule has 0 radical (unpaired) electrons. The molecule has 0 saturated carbocycles. The van der Waals surface area contributed by atoms with Crippen LogP contribution in [0.5, 0.6) is 0 Å². The number of imidazole rings is 1. The maximum absolute atomic E-state index is 13.0. The zero-order valence-corrected chi connectivity index (χ0v) is 23.6. The number of amides is 2. The molecule has 2 aliphatic rings. The summed E-state index contributed by atoms with van der Waals surface area (Å²) in [6, 6.07) is 6.71. The van der Waals surface area contributed by atoms with Crippen LogP contribution in [0.2, 0.25) is 0 Å². The van der Waals surface area contributed by atoms with E-state index in [4.69, 9.17) is 23.4 Å². The molecule has 6 rings (SSSR count). The predicted molar refractivity (Wildman–Crippen MR) is 148 cm³/mol. The van der Waals surface area contributed by atoms with Crippen molar-refractivity contribution < 1.29 is 33.0 Å². The zero-order chi connectivity index (χ0) is 29.8. The van der Waals surface area contributed by atoms with Crippen molar-refractivity contribution in [2.24, 2.45) is 0 Å². The Balaban J connectivity index is 1.23. The molecule has 220 valence electrons. The largest absolute Gasteiger partial charge is 0.463 e. The van der Waals surface area contributed by atoms with Gasteiger partial charge in [-0.2, -0.15) is 0 Å². The van der Waals surface area contributed by atoms with Gasteiger partial charge in [0.25, 0.3) is 5.91 Å². The first kappa shape index (κ1) is 27.8. The normalized spacial score (nSPS) is 23.2. The Morgan fingerprint density at radius 3 is 2.64 bits per heavy atom. The van der Waals surface area contributed by atoms with Gasteiger partial charge in [-0.25, -0.2) is 19.7 Å². The van der Waals surface area contributed by atoms with E-state index < -0.39 is 53.4 Å². The average molecular weight is 579 g/mol. The molecule has 2 saturated heterocycles. The van der Waals surface area contributed by atoms with Crippen LogP contribution in [0.3, 0.4) is 0 Å². The first-order valence-electron chi connectivity index (χ1n) is 13.4. The highest BCUT2D eigenvalue weighted by atomic mass is 16.8. The molecule has 2 aliphatic heterocycles. The van der Waals surface area contributed by atoms with E-state index in [0.29, 0.717) is 22.1 Å². The summed E-state index contributed by atoms with van der Waals surface area (Å²) in [7, 11) is 0. The van der Waals surface area contributed by atoms with E-state index in [2.05, 4.69) is 25.6 Å². The van der Waals surface area contributed by atoms with Crippen molar-refractivity contribution in [1.29, 1.82) is 0 Å². The van der Waals surface area contributed by atoms with Crippen molar-refractivity contribution in [3.8, 4) is 0 Å². The standard InChI is InChI=1S/C28H30N6O8/c1-27(2,3)42-26(37)33-22-18-23(31-12-30-22)34(13-32-18)25-21-20(40-28(4,5)41-21)17(39-25)10-29-24(36)15-11-38-16-9-7-6-8-14(16)19(15)35/h6-9,11-13,17,20-21,25H,10H2,1-5H3,(H,29,36)(H,30,31,33,37)/t17-,20-,21-,25-/m1/s1. The topological polar surface area (TPSA) is 169 Å². The first-order chi connectivity index (χ1) is 19.9.